The van der Waals surface area contributed by atoms with Gasteiger partial charge in [-0.15, -0.1) is 0 Å². The van der Waals surface area contributed by atoms with Crippen molar-refractivity contribution < 1.29 is 9.00 Å². The standard InChI is InChI=1S/C12H18N2O2S/c1-14(2)12(15)4-3-9-17(16)11-7-5-10(13)6-8-11/h5-8H,3-4,9,13H2,1-2H3. The van der Waals surface area contributed by atoms with Gasteiger partial charge in [0.2, 0.25) is 5.91 Å². The van der Waals surface area contributed by atoms with Crippen molar-refractivity contribution in [3.05, 3.63) is 24.3 Å². The smallest absolute Gasteiger partial charge is 0.222 e. The van der Waals surface area contributed by atoms with E-state index in [9.17, 15) is 9.00 Å². The Morgan fingerprint density at radius 1 is 1.29 bits per heavy atom. The molecule has 0 radical (unpaired) electrons. The molecule has 0 aliphatic heterocycles. The molecular weight excluding hydrogens is 236 g/mol. The van der Waals surface area contributed by atoms with E-state index in [2.05, 4.69) is 0 Å². The summed E-state index contributed by atoms with van der Waals surface area (Å²) in [5, 5.41) is 0. The maximum absolute atomic E-state index is 11.9. The van der Waals surface area contributed by atoms with Gasteiger partial charge in [-0.3, -0.25) is 9.00 Å². The lowest BCUT2D eigenvalue weighted by molar-refractivity contribution is -0.128. The molecule has 1 aromatic carbocycles. The molecule has 0 heterocycles. The lowest BCUT2D eigenvalue weighted by atomic mass is 10.3. The van der Waals surface area contributed by atoms with Crippen LogP contribution < -0.4 is 5.73 Å². The van der Waals surface area contributed by atoms with Crippen LogP contribution in [0.1, 0.15) is 12.8 Å². The molecule has 0 aliphatic rings. The third-order valence-corrected chi connectivity index (χ3v) is 3.82. The van der Waals surface area contributed by atoms with Gasteiger partial charge in [0.15, 0.2) is 0 Å². The molecule has 1 amide bonds. The van der Waals surface area contributed by atoms with Crippen LogP contribution in [-0.4, -0.2) is 34.9 Å². The van der Waals surface area contributed by atoms with Crippen molar-refractivity contribution in [1.82, 2.24) is 4.90 Å². The van der Waals surface area contributed by atoms with Crippen molar-refractivity contribution in [2.24, 2.45) is 0 Å². The molecule has 0 saturated carbocycles. The van der Waals surface area contributed by atoms with Gasteiger partial charge in [0.25, 0.3) is 0 Å². The number of benzene rings is 1. The molecule has 1 aromatic rings. The summed E-state index contributed by atoms with van der Waals surface area (Å²) < 4.78 is 11.9. The highest BCUT2D eigenvalue weighted by atomic mass is 32.2. The van der Waals surface area contributed by atoms with Gasteiger partial charge in [-0.2, -0.15) is 0 Å². The number of nitrogens with zero attached hydrogens (tertiary/aromatic N) is 1. The van der Waals surface area contributed by atoms with E-state index in [-0.39, 0.29) is 5.91 Å². The number of hydrogen-bond acceptors (Lipinski definition) is 3. The molecule has 1 unspecified atom stereocenters. The molecule has 2 N–H and O–H groups in total. The largest absolute Gasteiger partial charge is 0.399 e. The molecule has 0 saturated heterocycles. The molecule has 1 rings (SSSR count). The van der Waals surface area contributed by atoms with Crippen molar-refractivity contribution in [3.63, 3.8) is 0 Å². The Balaban J connectivity index is 2.40. The summed E-state index contributed by atoms with van der Waals surface area (Å²) in [4.78, 5) is 13.6. The fourth-order valence-electron chi connectivity index (χ4n) is 1.32. The van der Waals surface area contributed by atoms with E-state index in [0.29, 0.717) is 24.3 Å². The number of hydrogen-bond donors (Lipinski definition) is 1. The van der Waals surface area contributed by atoms with Crippen molar-refractivity contribution in [2.45, 2.75) is 17.7 Å². The first-order chi connectivity index (χ1) is 8.00. The van der Waals surface area contributed by atoms with E-state index >= 15 is 0 Å². The molecule has 5 heteroatoms. The Morgan fingerprint density at radius 2 is 1.88 bits per heavy atom. The molecule has 0 fully saturated rings. The second-order valence-electron chi connectivity index (χ2n) is 4.01. The van der Waals surface area contributed by atoms with Crippen molar-refractivity contribution >= 4 is 22.4 Å². The Bertz CT molecular complexity index is 401. The van der Waals surface area contributed by atoms with Crippen LogP contribution in [0, 0.1) is 0 Å². The van der Waals surface area contributed by atoms with Gasteiger partial charge < -0.3 is 10.6 Å². The molecular formula is C12H18N2O2S. The number of anilines is 1. The van der Waals surface area contributed by atoms with Crippen LogP contribution in [0.15, 0.2) is 29.2 Å². The predicted octanol–water partition coefficient (Wildman–Crippen LogP) is 1.24. The van der Waals surface area contributed by atoms with Gasteiger partial charge in [0.05, 0.1) is 10.8 Å². The predicted molar refractivity (Wildman–Crippen MR) is 70.1 cm³/mol. The van der Waals surface area contributed by atoms with Gasteiger partial charge in [-0.25, -0.2) is 0 Å². The zero-order chi connectivity index (χ0) is 12.8. The molecule has 94 valence electrons. The third-order valence-electron chi connectivity index (χ3n) is 2.36. The minimum absolute atomic E-state index is 0.0688. The number of nitrogens with two attached hydrogens (primary N) is 1. The van der Waals surface area contributed by atoms with Crippen molar-refractivity contribution in [2.75, 3.05) is 25.6 Å². The molecule has 0 aromatic heterocycles. The highest BCUT2D eigenvalue weighted by Gasteiger charge is 2.07. The summed E-state index contributed by atoms with van der Waals surface area (Å²) in [6, 6.07) is 6.99. The highest BCUT2D eigenvalue weighted by Crippen LogP contribution is 2.11. The lowest BCUT2D eigenvalue weighted by Gasteiger charge is -2.09. The summed E-state index contributed by atoms with van der Waals surface area (Å²) in [5.41, 5.74) is 6.21. The number of amides is 1. The Hall–Kier alpha value is -1.36. The number of rotatable bonds is 5. The van der Waals surface area contributed by atoms with Crippen LogP contribution in [0.4, 0.5) is 5.69 Å². The van der Waals surface area contributed by atoms with E-state index in [1.807, 2.05) is 0 Å². The highest BCUT2D eigenvalue weighted by molar-refractivity contribution is 7.85. The second-order valence-corrected chi connectivity index (χ2v) is 5.58. The minimum Gasteiger partial charge on any atom is -0.399 e. The Labute approximate surface area is 104 Å². The van der Waals surface area contributed by atoms with Crippen LogP contribution >= 0.6 is 0 Å². The number of carbonyl (C=O) groups excluding carboxylic acids is 1. The first kappa shape index (κ1) is 13.7. The van der Waals surface area contributed by atoms with E-state index in [1.54, 1.807) is 43.3 Å². The average molecular weight is 254 g/mol. The van der Waals surface area contributed by atoms with E-state index in [1.165, 1.54) is 0 Å². The van der Waals surface area contributed by atoms with Crippen LogP contribution in [-0.2, 0) is 15.6 Å². The van der Waals surface area contributed by atoms with Crippen LogP contribution in [0.2, 0.25) is 0 Å². The minimum atomic E-state index is -1.05. The fraction of sp³-hybridized carbons (Fsp3) is 0.417. The molecule has 4 nitrogen and oxygen atoms in total. The Kier molecular flexibility index (Phi) is 5.15. The van der Waals surface area contributed by atoms with Crippen LogP contribution in [0.5, 0.6) is 0 Å². The SMILES string of the molecule is CN(C)C(=O)CCCS(=O)c1ccc(N)cc1. The molecule has 0 spiro atoms. The van der Waals surface area contributed by atoms with Gasteiger partial charge in [0, 0.05) is 36.9 Å². The lowest BCUT2D eigenvalue weighted by Crippen LogP contribution is -2.21. The summed E-state index contributed by atoms with van der Waals surface area (Å²) in [6.45, 7) is 0. The number of carbonyl (C=O) groups is 1. The van der Waals surface area contributed by atoms with Gasteiger partial charge in [-0.1, -0.05) is 0 Å². The van der Waals surface area contributed by atoms with Crippen molar-refractivity contribution in [1.29, 1.82) is 0 Å². The number of nitrogen functional groups attached to an aromatic ring is 1. The Morgan fingerprint density at radius 3 is 2.41 bits per heavy atom. The maximum Gasteiger partial charge on any atom is 0.222 e. The zero-order valence-corrected chi connectivity index (χ0v) is 11.0. The average Bonchev–Trinajstić information content (AvgIpc) is 2.29. The van der Waals surface area contributed by atoms with E-state index in [0.717, 1.165) is 4.90 Å². The molecule has 1 atom stereocenters. The summed E-state index contributed by atoms with van der Waals surface area (Å²) in [6.07, 6.45) is 1.07. The van der Waals surface area contributed by atoms with E-state index in [4.69, 9.17) is 5.73 Å². The van der Waals surface area contributed by atoms with Crippen LogP contribution in [0.3, 0.4) is 0 Å². The maximum atomic E-state index is 11.9. The molecule has 0 bridgehead atoms. The topological polar surface area (TPSA) is 63.4 Å². The summed E-state index contributed by atoms with van der Waals surface area (Å²) >= 11 is 0. The fourth-order valence-corrected chi connectivity index (χ4v) is 2.40. The van der Waals surface area contributed by atoms with Gasteiger partial charge >= 0.3 is 0 Å². The van der Waals surface area contributed by atoms with Crippen molar-refractivity contribution in [3.8, 4) is 0 Å². The second kappa shape index (κ2) is 6.39. The first-order valence-corrected chi connectivity index (χ1v) is 6.76. The van der Waals surface area contributed by atoms with Gasteiger partial charge in [0.1, 0.15) is 0 Å². The summed E-state index contributed by atoms with van der Waals surface area (Å²) in [7, 11) is 2.40. The quantitative estimate of drug-likeness (QED) is 0.804. The molecule has 17 heavy (non-hydrogen) atoms. The van der Waals surface area contributed by atoms with E-state index < -0.39 is 10.8 Å². The monoisotopic (exact) mass is 254 g/mol. The summed E-state index contributed by atoms with van der Waals surface area (Å²) in [5.74, 6) is 0.572. The van der Waals surface area contributed by atoms with Gasteiger partial charge in [-0.05, 0) is 30.7 Å². The normalized spacial score (nSPS) is 12.1. The van der Waals surface area contributed by atoms with Crippen LogP contribution in [0.25, 0.3) is 0 Å². The zero-order valence-electron chi connectivity index (χ0n) is 10.2. The first-order valence-electron chi connectivity index (χ1n) is 5.45. The third kappa shape index (κ3) is 4.56. The molecule has 0 aliphatic carbocycles.